The maximum Gasteiger partial charge on any atom is 0.142 e. The van der Waals surface area contributed by atoms with Crippen LogP contribution >= 0.6 is 11.6 Å². The number of halogens is 1. The van der Waals surface area contributed by atoms with Crippen molar-refractivity contribution >= 4 is 11.6 Å². The standard InChI is InChI=1S/C15H21ClN2O/c16-13-6-4-5-12-14(13)19-10-7-15(12,11-17)18-8-2-1-3-9-18/h4-6H,1-3,7-11,17H2. The molecule has 1 aromatic rings. The summed E-state index contributed by atoms with van der Waals surface area (Å²) in [6.07, 6.45) is 4.81. The minimum absolute atomic E-state index is 0.0844. The fourth-order valence-corrected chi connectivity index (χ4v) is 3.70. The minimum Gasteiger partial charge on any atom is -0.492 e. The van der Waals surface area contributed by atoms with Crippen molar-refractivity contribution in [2.24, 2.45) is 5.73 Å². The summed E-state index contributed by atoms with van der Waals surface area (Å²) in [6.45, 7) is 3.58. The molecule has 4 heteroatoms. The lowest BCUT2D eigenvalue weighted by Crippen LogP contribution is -2.55. The number of hydrogen-bond acceptors (Lipinski definition) is 3. The molecule has 0 amide bonds. The van der Waals surface area contributed by atoms with Crippen molar-refractivity contribution in [1.29, 1.82) is 0 Å². The molecule has 0 spiro atoms. The summed E-state index contributed by atoms with van der Waals surface area (Å²) in [5.74, 6) is 0.839. The maximum absolute atomic E-state index is 6.28. The van der Waals surface area contributed by atoms with E-state index in [1.54, 1.807) is 0 Å². The minimum atomic E-state index is -0.0844. The van der Waals surface area contributed by atoms with E-state index < -0.39 is 0 Å². The number of likely N-dealkylation sites (tertiary alicyclic amines) is 1. The van der Waals surface area contributed by atoms with Crippen molar-refractivity contribution in [3.05, 3.63) is 28.8 Å². The average Bonchev–Trinajstić information content (AvgIpc) is 2.48. The topological polar surface area (TPSA) is 38.5 Å². The van der Waals surface area contributed by atoms with Gasteiger partial charge in [0, 0.05) is 18.5 Å². The van der Waals surface area contributed by atoms with Gasteiger partial charge in [0.1, 0.15) is 5.75 Å². The van der Waals surface area contributed by atoms with E-state index in [9.17, 15) is 0 Å². The molecule has 2 aliphatic heterocycles. The van der Waals surface area contributed by atoms with E-state index in [4.69, 9.17) is 22.1 Å². The Kier molecular flexibility index (Phi) is 3.70. The summed E-state index contributed by atoms with van der Waals surface area (Å²) < 4.78 is 5.79. The number of rotatable bonds is 2. The van der Waals surface area contributed by atoms with Crippen molar-refractivity contribution in [2.45, 2.75) is 31.2 Å². The fourth-order valence-electron chi connectivity index (χ4n) is 3.47. The number of piperidine rings is 1. The molecular weight excluding hydrogens is 260 g/mol. The first-order chi connectivity index (χ1) is 9.28. The molecule has 1 fully saturated rings. The van der Waals surface area contributed by atoms with Gasteiger partial charge in [-0.2, -0.15) is 0 Å². The van der Waals surface area contributed by atoms with Crippen molar-refractivity contribution in [3.63, 3.8) is 0 Å². The summed E-state index contributed by atoms with van der Waals surface area (Å²) >= 11 is 6.28. The van der Waals surface area contributed by atoms with Gasteiger partial charge in [0.15, 0.2) is 0 Å². The van der Waals surface area contributed by atoms with Gasteiger partial charge in [-0.25, -0.2) is 0 Å². The molecule has 0 radical (unpaired) electrons. The molecule has 2 aliphatic rings. The van der Waals surface area contributed by atoms with Crippen molar-refractivity contribution in [1.82, 2.24) is 4.90 Å². The van der Waals surface area contributed by atoms with E-state index in [-0.39, 0.29) is 5.54 Å². The third-order valence-corrected chi connectivity index (χ3v) is 4.83. The second-order valence-corrected chi connectivity index (χ2v) is 5.91. The molecule has 0 saturated carbocycles. The van der Waals surface area contributed by atoms with E-state index in [1.807, 2.05) is 12.1 Å². The van der Waals surface area contributed by atoms with Crippen LogP contribution in [-0.4, -0.2) is 31.1 Å². The molecule has 0 aromatic heterocycles. The largest absolute Gasteiger partial charge is 0.492 e. The molecule has 1 unspecified atom stereocenters. The van der Waals surface area contributed by atoms with Crippen LogP contribution < -0.4 is 10.5 Å². The van der Waals surface area contributed by atoms with Crippen molar-refractivity contribution in [3.8, 4) is 5.75 Å². The third-order valence-electron chi connectivity index (χ3n) is 4.53. The van der Waals surface area contributed by atoms with Crippen LogP contribution in [0.2, 0.25) is 5.02 Å². The Hall–Kier alpha value is -0.770. The van der Waals surface area contributed by atoms with Crippen molar-refractivity contribution in [2.75, 3.05) is 26.2 Å². The molecule has 104 valence electrons. The highest BCUT2D eigenvalue weighted by Crippen LogP contribution is 2.44. The normalized spacial score (nSPS) is 27.7. The van der Waals surface area contributed by atoms with Gasteiger partial charge in [-0.15, -0.1) is 0 Å². The molecule has 0 bridgehead atoms. The number of benzene rings is 1. The Morgan fingerprint density at radius 2 is 2.05 bits per heavy atom. The number of hydrogen-bond donors (Lipinski definition) is 1. The van der Waals surface area contributed by atoms with E-state index >= 15 is 0 Å². The second kappa shape index (κ2) is 5.31. The fraction of sp³-hybridized carbons (Fsp3) is 0.600. The van der Waals surface area contributed by atoms with Gasteiger partial charge in [-0.3, -0.25) is 4.90 Å². The number of fused-ring (bicyclic) bond motifs is 1. The third kappa shape index (κ3) is 2.14. The van der Waals surface area contributed by atoms with Gasteiger partial charge >= 0.3 is 0 Å². The van der Waals surface area contributed by atoms with Gasteiger partial charge in [-0.1, -0.05) is 30.2 Å². The van der Waals surface area contributed by atoms with Gasteiger partial charge in [-0.05, 0) is 32.0 Å². The first-order valence-electron chi connectivity index (χ1n) is 7.15. The molecule has 0 aliphatic carbocycles. The summed E-state index contributed by atoms with van der Waals surface area (Å²) in [5.41, 5.74) is 7.29. The smallest absolute Gasteiger partial charge is 0.142 e. The van der Waals surface area contributed by atoms with Gasteiger partial charge < -0.3 is 10.5 Å². The Bertz CT molecular complexity index is 459. The van der Waals surface area contributed by atoms with Crippen LogP contribution in [-0.2, 0) is 5.54 Å². The van der Waals surface area contributed by atoms with E-state index in [1.165, 1.54) is 24.8 Å². The van der Waals surface area contributed by atoms with Gasteiger partial charge in [0.2, 0.25) is 0 Å². The average molecular weight is 281 g/mol. The van der Waals surface area contributed by atoms with Crippen LogP contribution in [0.4, 0.5) is 0 Å². The number of para-hydroxylation sites is 1. The Morgan fingerprint density at radius 1 is 1.26 bits per heavy atom. The van der Waals surface area contributed by atoms with Crippen LogP contribution in [0.1, 0.15) is 31.2 Å². The molecule has 2 N–H and O–H groups in total. The predicted molar refractivity (Wildman–Crippen MR) is 77.7 cm³/mol. The quantitative estimate of drug-likeness (QED) is 0.905. The summed E-state index contributed by atoms with van der Waals surface area (Å²) in [4.78, 5) is 2.55. The van der Waals surface area contributed by atoms with Crippen LogP contribution in [0.5, 0.6) is 5.75 Å². The Labute approximate surface area is 119 Å². The molecule has 3 rings (SSSR count). The molecule has 1 aromatic carbocycles. The lowest BCUT2D eigenvalue weighted by atomic mass is 9.81. The lowest BCUT2D eigenvalue weighted by molar-refractivity contribution is 0.0332. The monoisotopic (exact) mass is 280 g/mol. The lowest BCUT2D eigenvalue weighted by Gasteiger charge is -2.48. The number of nitrogens with two attached hydrogens (primary N) is 1. The van der Waals surface area contributed by atoms with Crippen LogP contribution in [0, 0.1) is 0 Å². The van der Waals surface area contributed by atoms with E-state index in [2.05, 4.69) is 11.0 Å². The van der Waals surface area contributed by atoms with Crippen LogP contribution in [0.25, 0.3) is 0 Å². The van der Waals surface area contributed by atoms with Gasteiger partial charge in [0.25, 0.3) is 0 Å². The SMILES string of the molecule is NCC1(N2CCCCC2)CCOc2c(Cl)cccc21. The summed E-state index contributed by atoms with van der Waals surface area (Å²) in [5, 5.41) is 0.701. The molecule has 19 heavy (non-hydrogen) atoms. The zero-order valence-electron chi connectivity index (χ0n) is 11.2. The van der Waals surface area contributed by atoms with E-state index in [0.29, 0.717) is 18.2 Å². The molecule has 3 nitrogen and oxygen atoms in total. The highest BCUT2D eigenvalue weighted by Gasteiger charge is 2.42. The Balaban J connectivity index is 2.05. The summed E-state index contributed by atoms with van der Waals surface area (Å²) in [6, 6.07) is 6.02. The second-order valence-electron chi connectivity index (χ2n) is 5.50. The first kappa shape index (κ1) is 13.2. The van der Waals surface area contributed by atoms with E-state index in [0.717, 1.165) is 25.3 Å². The zero-order chi connectivity index (χ0) is 13.3. The highest BCUT2D eigenvalue weighted by atomic mass is 35.5. The molecule has 1 saturated heterocycles. The van der Waals surface area contributed by atoms with Crippen LogP contribution in [0.15, 0.2) is 18.2 Å². The van der Waals surface area contributed by atoms with Crippen molar-refractivity contribution < 1.29 is 4.74 Å². The maximum atomic E-state index is 6.28. The molecule has 1 atom stereocenters. The number of nitrogens with zero attached hydrogens (tertiary/aromatic N) is 1. The van der Waals surface area contributed by atoms with Crippen LogP contribution in [0.3, 0.4) is 0 Å². The predicted octanol–water partition coefficient (Wildman–Crippen LogP) is 2.76. The first-order valence-corrected chi connectivity index (χ1v) is 7.53. The van der Waals surface area contributed by atoms with Gasteiger partial charge in [0.05, 0.1) is 17.2 Å². The zero-order valence-corrected chi connectivity index (χ0v) is 12.0. The number of ether oxygens (including phenoxy) is 1. The molecule has 2 heterocycles. The molecular formula is C15H21ClN2O. The summed E-state index contributed by atoms with van der Waals surface area (Å²) in [7, 11) is 0. The highest BCUT2D eigenvalue weighted by molar-refractivity contribution is 6.32. The Morgan fingerprint density at radius 3 is 2.79 bits per heavy atom.